The zero-order valence-corrected chi connectivity index (χ0v) is 13.9. The van der Waals surface area contributed by atoms with Gasteiger partial charge in [0.05, 0.1) is 24.1 Å². The SMILES string of the molecule is NC(=O)NCc1nnccc1-c1ccc(N)c(F)c1Oc1ccccc1F. The third-order valence-corrected chi connectivity index (χ3v) is 3.69. The number of nitrogen functional groups attached to an aromatic ring is 1. The molecule has 3 rings (SSSR count). The van der Waals surface area contributed by atoms with Crippen molar-refractivity contribution in [2.45, 2.75) is 6.54 Å². The van der Waals surface area contributed by atoms with E-state index in [-0.39, 0.29) is 29.3 Å². The minimum Gasteiger partial charge on any atom is -0.450 e. The number of para-hydroxylation sites is 1. The van der Waals surface area contributed by atoms with Gasteiger partial charge < -0.3 is 21.5 Å². The van der Waals surface area contributed by atoms with Crippen molar-refractivity contribution in [1.29, 1.82) is 0 Å². The molecule has 7 nitrogen and oxygen atoms in total. The monoisotopic (exact) mass is 371 g/mol. The van der Waals surface area contributed by atoms with Crippen molar-refractivity contribution in [3.05, 3.63) is 66.0 Å². The Hall–Kier alpha value is -3.75. The van der Waals surface area contributed by atoms with Crippen molar-refractivity contribution in [3.8, 4) is 22.6 Å². The molecular formula is C18H15F2N5O2. The van der Waals surface area contributed by atoms with Crippen molar-refractivity contribution < 1.29 is 18.3 Å². The number of halogens is 2. The fourth-order valence-electron chi connectivity index (χ4n) is 2.43. The van der Waals surface area contributed by atoms with Gasteiger partial charge in [-0.15, -0.1) is 0 Å². The number of hydrogen-bond donors (Lipinski definition) is 3. The first kappa shape index (κ1) is 18.1. The van der Waals surface area contributed by atoms with Gasteiger partial charge in [0.25, 0.3) is 0 Å². The summed E-state index contributed by atoms with van der Waals surface area (Å²) in [7, 11) is 0. The van der Waals surface area contributed by atoms with Gasteiger partial charge in [0, 0.05) is 11.1 Å². The molecule has 2 aromatic carbocycles. The molecule has 3 aromatic rings. The maximum Gasteiger partial charge on any atom is 0.312 e. The third kappa shape index (κ3) is 3.92. The van der Waals surface area contributed by atoms with E-state index in [1.807, 2.05) is 0 Å². The van der Waals surface area contributed by atoms with E-state index in [4.69, 9.17) is 16.2 Å². The highest BCUT2D eigenvalue weighted by atomic mass is 19.1. The second-order valence-electron chi connectivity index (χ2n) is 5.49. The quantitative estimate of drug-likeness (QED) is 0.596. The summed E-state index contributed by atoms with van der Waals surface area (Å²) in [4.78, 5) is 11.0. The Bertz CT molecular complexity index is 997. The number of carbonyl (C=O) groups excluding carboxylic acids is 1. The van der Waals surface area contributed by atoms with Gasteiger partial charge in [0.15, 0.2) is 23.1 Å². The van der Waals surface area contributed by atoms with Crippen LogP contribution in [0.4, 0.5) is 19.3 Å². The number of aromatic nitrogens is 2. The standard InChI is InChI=1S/C18H15F2N5O2/c19-12-3-1-2-4-15(12)27-17-11(5-6-13(21)16(17)20)10-7-8-24-25-14(10)9-23-18(22)26/h1-8H,9,21H2,(H3,22,23,26). The van der Waals surface area contributed by atoms with Crippen LogP contribution in [0.2, 0.25) is 0 Å². The molecule has 0 aliphatic heterocycles. The summed E-state index contributed by atoms with van der Waals surface area (Å²) < 4.78 is 34.2. The molecule has 0 fully saturated rings. The van der Waals surface area contributed by atoms with Crippen LogP contribution < -0.4 is 21.5 Å². The van der Waals surface area contributed by atoms with Crippen LogP contribution in [0.3, 0.4) is 0 Å². The molecule has 1 heterocycles. The topological polar surface area (TPSA) is 116 Å². The molecule has 5 N–H and O–H groups in total. The lowest BCUT2D eigenvalue weighted by atomic mass is 10.0. The molecule has 2 amide bonds. The molecule has 0 unspecified atom stereocenters. The number of primary amides is 1. The molecule has 0 saturated heterocycles. The number of nitrogens with zero attached hydrogens (tertiary/aromatic N) is 2. The number of benzene rings is 2. The molecule has 9 heteroatoms. The number of amides is 2. The van der Waals surface area contributed by atoms with Crippen LogP contribution >= 0.6 is 0 Å². The fourth-order valence-corrected chi connectivity index (χ4v) is 2.43. The van der Waals surface area contributed by atoms with E-state index in [1.54, 1.807) is 12.1 Å². The van der Waals surface area contributed by atoms with Crippen molar-refractivity contribution in [2.24, 2.45) is 5.73 Å². The first-order valence-corrected chi connectivity index (χ1v) is 7.82. The molecule has 0 aliphatic carbocycles. The fraction of sp³-hybridized carbons (Fsp3) is 0.0556. The second-order valence-corrected chi connectivity index (χ2v) is 5.49. The van der Waals surface area contributed by atoms with Crippen LogP contribution in [0.25, 0.3) is 11.1 Å². The normalized spacial score (nSPS) is 10.4. The van der Waals surface area contributed by atoms with E-state index in [0.29, 0.717) is 11.3 Å². The predicted octanol–water partition coefficient (Wildman–Crippen LogP) is 2.96. The molecule has 0 saturated carbocycles. The minimum atomic E-state index is -0.846. The first-order chi connectivity index (χ1) is 13.0. The van der Waals surface area contributed by atoms with Gasteiger partial charge >= 0.3 is 6.03 Å². The number of urea groups is 1. The number of anilines is 1. The van der Waals surface area contributed by atoms with E-state index in [2.05, 4.69) is 15.5 Å². The Morgan fingerprint density at radius 3 is 2.63 bits per heavy atom. The van der Waals surface area contributed by atoms with Gasteiger partial charge in [-0.25, -0.2) is 13.6 Å². The average Bonchev–Trinajstić information content (AvgIpc) is 2.66. The van der Waals surface area contributed by atoms with E-state index >= 15 is 0 Å². The highest BCUT2D eigenvalue weighted by molar-refractivity contribution is 5.76. The largest absolute Gasteiger partial charge is 0.450 e. The Morgan fingerprint density at radius 1 is 1.11 bits per heavy atom. The smallest absolute Gasteiger partial charge is 0.312 e. The van der Waals surface area contributed by atoms with Crippen LogP contribution in [0, 0.1) is 11.6 Å². The van der Waals surface area contributed by atoms with Crippen molar-refractivity contribution >= 4 is 11.7 Å². The van der Waals surface area contributed by atoms with Crippen molar-refractivity contribution in [2.75, 3.05) is 5.73 Å². The molecule has 0 aliphatic rings. The number of ether oxygens (including phenoxy) is 1. The van der Waals surface area contributed by atoms with Crippen LogP contribution in [0.1, 0.15) is 5.69 Å². The summed E-state index contributed by atoms with van der Waals surface area (Å²) in [5.41, 5.74) is 11.6. The lowest BCUT2D eigenvalue weighted by Gasteiger charge is -2.15. The Balaban J connectivity index is 2.11. The number of hydrogen-bond acceptors (Lipinski definition) is 5. The van der Waals surface area contributed by atoms with E-state index in [0.717, 1.165) is 0 Å². The average molecular weight is 371 g/mol. The van der Waals surface area contributed by atoms with E-state index in [9.17, 15) is 13.6 Å². The predicted molar refractivity (Wildman–Crippen MR) is 94.7 cm³/mol. The Kier molecular flexibility index (Phi) is 5.11. The number of rotatable bonds is 5. The van der Waals surface area contributed by atoms with Crippen LogP contribution in [0.15, 0.2) is 48.7 Å². The number of carbonyl (C=O) groups is 1. The summed E-state index contributed by atoms with van der Waals surface area (Å²) in [6.07, 6.45) is 1.39. The lowest BCUT2D eigenvalue weighted by Crippen LogP contribution is -2.29. The Labute approximate surface area is 153 Å². The van der Waals surface area contributed by atoms with Gasteiger partial charge in [-0.2, -0.15) is 10.2 Å². The lowest BCUT2D eigenvalue weighted by molar-refractivity contribution is 0.248. The van der Waals surface area contributed by atoms with Gasteiger partial charge in [0.2, 0.25) is 0 Å². The summed E-state index contributed by atoms with van der Waals surface area (Å²) >= 11 is 0. The van der Waals surface area contributed by atoms with Crippen molar-refractivity contribution in [1.82, 2.24) is 15.5 Å². The molecule has 0 atom stereocenters. The zero-order chi connectivity index (χ0) is 19.4. The van der Waals surface area contributed by atoms with Crippen molar-refractivity contribution in [3.63, 3.8) is 0 Å². The van der Waals surface area contributed by atoms with Gasteiger partial charge in [-0.3, -0.25) is 0 Å². The van der Waals surface area contributed by atoms with Crippen LogP contribution in [0.5, 0.6) is 11.5 Å². The molecule has 0 bridgehead atoms. The highest BCUT2D eigenvalue weighted by Gasteiger charge is 2.20. The molecule has 27 heavy (non-hydrogen) atoms. The third-order valence-electron chi connectivity index (χ3n) is 3.69. The molecule has 1 aromatic heterocycles. The summed E-state index contributed by atoms with van der Waals surface area (Å²) in [5.74, 6) is -1.94. The Morgan fingerprint density at radius 2 is 1.89 bits per heavy atom. The zero-order valence-electron chi connectivity index (χ0n) is 13.9. The maximum absolute atomic E-state index is 14.7. The summed E-state index contributed by atoms with van der Waals surface area (Å²) in [6.45, 7) is -0.0381. The molecule has 0 radical (unpaired) electrons. The maximum atomic E-state index is 14.7. The molecule has 0 spiro atoms. The highest BCUT2D eigenvalue weighted by Crippen LogP contribution is 2.39. The molecule has 138 valence electrons. The minimum absolute atomic E-state index is 0.0381. The number of nitrogens with one attached hydrogen (secondary N) is 1. The molecular weight excluding hydrogens is 356 g/mol. The summed E-state index contributed by atoms with van der Waals surface area (Å²) in [5, 5.41) is 10.1. The van der Waals surface area contributed by atoms with E-state index in [1.165, 1.54) is 36.5 Å². The van der Waals surface area contributed by atoms with Crippen LogP contribution in [-0.4, -0.2) is 16.2 Å². The summed E-state index contributed by atoms with van der Waals surface area (Å²) in [6, 6.07) is 9.27. The first-order valence-electron chi connectivity index (χ1n) is 7.82. The van der Waals surface area contributed by atoms with Crippen LogP contribution in [-0.2, 0) is 6.54 Å². The van der Waals surface area contributed by atoms with E-state index < -0.39 is 17.7 Å². The van der Waals surface area contributed by atoms with Gasteiger partial charge in [-0.05, 0) is 30.3 Å². The van der Waals surface area contributed by atoms with Gasteiger partial charge in [0.1, 0.15) is 0 Å². The second kappa shape index (κ2) is 7.65. The van der Waals surface area contributed by atoms with Gasteiger partial charge in [-0.1, -0.05) is 12.1 Å². The number of nitrogens with two attached hydrogens (primary N) is 2.